The Labute approximate surface area is 171 Å². The summed E-state index contributed by atoms with van der Waals surface area (Å²) in [5.41, 5.74) is -2.12. The molecule has 0 unspecified atom stereocenters. The Bertz CT molecular complexity index is 897. The van der Waals surface area contributed by atoms with E-state index in [-0.39, 0.29) is 11.4 Å². The van der Waals surface area contributed by atoms with Gasteiger partial charge in [0.25, 0.3) is 0 Å². The van der Waals surface area contributed by atoms with Crippen LogP contribution in [0.25, 0.3) is 0 Å². The van der Waals surface area contributed by atoms with Crippen LogP contribution in [0.15, 0.2) is 41.3 Å². The van der Waals surface area contributed by atoms with E-state index in [0.717, 1.165) is 5.56 Å². The average molecular weight is 459 g/mol. The standard InChI is InChI=1S/C16H15Cl4NO4S/c1-10-3-5-11(6-4-10)26(23,24)21-9-14-8-7-13(2,25-14)15(17,18)12(22)16(14,19)20/h3-8,21H,9H2,1-2H3/t13-,14-/m0/s1. The second-order valence-electron chi connectivity index (χ2n) is 6.55. The van der Waals surface area contributed by atoms with E-state index in [4.69, 9.17) is 51.1 Å². The van der Waals surface area contributed by atoms with Gasteiger partial charge in [0.2, 0.25) is 24.5 Å². The molecule has 3 rings (SSSR count). The van der Waals surface area contributed by atoms with Crippen molar-refractivity contribution < 1.29 is 17.9 Å². The minimum absolute atomic E-state index is 0.0603. The molecule has 2 heterocycles. The molecule has 1 aromatic carbocycles. The summed E-state index contributed by atoms with van der Waals surface area (Å²) < 4.78 is 29.1. The van der Waals surface area contributed by atoms with Gasteiger partial charge in [-0.25, -0.2) is 13.1 Å². The minimum atomic E-state index is -3.88. The van der Waals surface area contributed by atoms with Crippen LogP contribution in [-0.2, 0) is 19.6 Å². The number of ketones is 1. The number of halogens is 4. The van der Waals surface area contributed by atoms with Crippen molar-refractivity contribution in [2.24, 2.45) is 0 Å². The lowest BCUT2D eigenvalue weighted by atomic mass is 9.89. The Morgan fingerprint density at radius 1 is 1.04 bits per heavy atom. The molecule has 0 spiro atoms. The predicted molar refractivity (Wildman–Crippen MR) is 102 cm³/mol. The van der Waals surface area contributed by atoms with Gasteiger partial charge in [-0.2, -0.15) is 0 Å². The molecule has 5 nitrogen and oxygen atoms in total. The molecule has 2 bridgehead atoms. The number of alkyl halides is 4. The van der Waals surface area contributed by atoms with Gasteiger partial charge in [0.05, 0.1) is 4.90 Å². The number of aryl methyl sites for hydroxylation is 1. The Morgan fingerprint density at radius 3 is 2.19 bits per heavy atom. The van der Waals surface area contributed by atoms with Crippen molar-refractivity contribution in [3.63, 3.8) is 0 Å². The van der Waals surface area contributed by atoms with Gasteiger partial charge in [-0.15, -0.1) is 0 Å². The van der Waals surface area contributed by atoms with Gasteiger partial charge in [0.15, 0.2) is 0 Å². The highest BCUT2D eigenvalue weighted by molar-refractivity contribution is 7.89. The number of hydrogen-bond acceptors (Lipinski definition) is 4. The van der Waals surface area contributed by atoms with Crippen LogP contribution >= 0.6 is 46.4 Å². The van der Waals surface area contributed by atoms with E-state index in [9.17, 15) is 13.2 Å². The van der Waals surface area contributed by atoms with E-state index >= 15 is 0 Å². The molecule has 10 heteroatoms. The van der Waals surface area contributed by atoms with E-state index in [1.165, 1.54) is 31.2 Å². The van der Waals surface area contributed by atoms with Crippen LogP contribution in [-0.4, -0.2) is 40.6 Å². The van der Waals surface area contributed by atoms with Crippen LogP contribution in [0.3, 0.4) is 0 Å². The van der Waals surface area contributed by atoms with Crippen LogP contribution in [0.2, 0.25) is 0 Å². The third-order valence-corrected chi connectivity index (χ3v) is 8.14. The number of hydrogen-bond donors (Lipinski definition) is 1. The zero-order valence-corrected chi connectivity index (χ0v) is 17.6. The van der Waals surface area contributed by atoms with Crippen LogP contribution in [0.5, 0.6) is 0 Å². The van der Waals surface area contributed by atoms with Crippen molar-refractivity contribution in [2.45, 2.75) is 38.6 Å². The second kappa shape index (κ2) is 6.08. The highest BCUT2D eigenvalue weighted by Gasteiger charge is 2.73. The molecule has 1 saturated heterocycles. The molecule has 0 amide bonds. The maximum atomic E-state index is 12.6. The highest BCUT2D eigenvalue weighted by Crippen LogP contribution is 2.59. The van der Waals surface area contributed by atoms with Crippen molar-refractivity contribution in [1.29, 1.82) is 0 Å². The van der Waals surface area contributed by atoms with Gasteiger partial charge in [0, 0.05) is 6.54 Å². The molecule has 2 aliphatic rings. The minimum Gasteiger partial charge on any atom is -0.352 e. The normalized spacial score (nSPS) is 32.0. The van der Waals surface area contributed by atoms with Crippen molar-refractivity contribution in [3.8, 4) is 0 Å². The Morgan fingerprint density at radius 2 is 1.62 bits per heavy atom. The quantitative estimate of drug-likeness (QED) is 0.555. The summed E-state index contributed by atoms with van der Waals surface area (Å²) in [5, 5.41) is 0. The molecule has 142 valence electrons. The predicted octanol–water partition coefficient (Wildman–Crippen LogP) is 3.29. The molecule has 2 aliphatic heterocycles. The summed E-state index contributed by atoms with van der Waals surface area (Å²) in [5.74, 6) is -0.870. The summed E-state index contributed by atoms with van der Waals surface area (Å²) in [4.78, 5) is 12.7. The van der Waals surface area contributed by atoms with Gasteiger partial charge in [0.1, 0.15) is 11.2 Å². The molecule has 2 atom stereocenters. The lowest BCUT2D eigenvalue weighted by Gasteiger charge is -2.50. The number of fused-ring (bicyclic) bond motifs is 2. The van der Waals surface area contributed by atoms with Crippen LogP contribution in [0, 0.1) is 6.92 Å². The number of Topliss-reactive ketones (excluding diaryl/α,β-unsaturated/α-hetero) is 1. The van der Waals surface area contributed by atoms with Crippen molar-refractivity contribution >= 4 is 62.2 Å². The fourth-order valence-electron chi connectivity index (χ4n) is 2.90. The number of carbonyl (C=O) groups excluding carboxylic acids is 1. The molecule has 1 fully saturated rings. The number of rotatable bonds is 4. The topological polar surface area (TPSA) is 72.5 Å². The lowest BCUT2D eigenvalue weighted by Crippen LogP contribution is -2.70. The number of carbonyl (C=O) groups is 1. The largest absolute Gasteiger partial charge is 0.352 e. The summed E-state index contributed by atoms with van der Waals surface area (Å²) in [6.07, 6.45) is 2.90. The van der Waals surface area contributed by atoms with Gasteiger partial charge in [-0.1, -0.05) is 70.2 Å². The van der Waals surface area contributed by atoms with Crippen molar-refractivity contribution in [3.05, 3.63) is 42.0 Å². The van der Waals surface area contributed by atoms with E-state index in [2.05, 4.69) is 4.72 Å². The van der Waals surface area contributed by atoms with E-state index in [0.29, 0.717) is 0 Å². The van der Waals surface area contributed by atoms with E-state index in [1.807, 2.05) is 6.92 Å². The van der Waals surface area contributed by atoms with Crippen molar-refractivity contribution in [2.75, 3.05) is 6.54 Å². The van der Waals surface area contributed by atoms with Crippen LogP contribution < -0.4 is 4.72 Å². The molecular weight excluding hydrogens is 444 g/mol. The Hall–Kier alpha value is -0.340. The smallest absolute Gasteiger partial charge is 0.240 e. The monoisotopic (exact) mass is 457 g/mol. The third-order valence-electron chi connectivity index (χ3n) is 4.65. The number of ether oxygens (including phenoxy) is 1. The summed E-state index contributed by atoms with van der Waals surface area (Å²) >= 11 is 24.8. The van der Waals surface area contributed by atoms with Crippen LogP contribution in [0.4, 0.5) is 0 Å². The first-order chi connectivity index (χ1) is 11.8. The SMILES string of the molecule is Cc1ccc(S(=O)(=O)NC[C@]23C=C[C@](C)(O2)C(Cl)(Cl)C(=O)C3(Cl)Cl)cc1. The Balaban J connectivity index is 1.92. The zero-order chi connectivity index (χ0) is 19.6. The maximum absolute atomic E-state index is 12.6. The number of benzene rings is 1. The fraction of sp³-hybridized carbons (Fsp3) is 0.438. The zero-order valence-electron chi connectivity index (χ0n) is 13.7. The van der Waals surface area contributed by atoms with Gasteiger partial charge < -0.3 is 4.74 Å². The first kappa shape index (κ1) is 20.4. The first-order valence-electron chi connectivity index (χ1n) is 7.55. The van der Waals surface area contributed by atoms with Gasteiger partial charge in [-0.3, -0.25) is 4.79 Å². The fourth-order valence-corrected chi connectivity index (χ4v) is 5.27. The third kappa shape index (κ3) is 2.82. The van der Waals surface area contributed by atoms with E-state index < -0.39 is 35.7 Å². The highest BCUT2D eigenvalue weighted by atomic mass is 35.5. The molecule has 1 aromatic rings. The van der Waals surface area contributed by atoms with Crippen LogP contribution in [0.1, 0.15) is 12.5 Å². The summed E-state index contributed by atoms with van der Waals surface area (Å²) in [6, 6.07) is 6.27. The first-order valence-corrected chi connectivity index (χ1v) is 10.5. The molecule has 0 aliphatic carbocycles. The summed E-state index contributed by atoms with van der Waals surface area (Å²) in [7, 11) is -3.88. The van der Waals surface area contributed by atoms with Gasteiger partial charge in [-0.05, 0) is 32.1 Å². The molecule has 26 heavy (non-hydrogen) atoms. The number of sulfonamides is 1. The molecular formula is C16H15Cl4NO4S. The number of nitrogens with one attached hydrogen (secondary N) is 1. The molecule has 1 N–H and O–H groups in total. The molecule has 0 radical (unpaired) electrons. The van der Waals surface area contributed by atoms with Gasteiger partial charge >= 0.3 is 0 Å². The maximum Gasteiger partial charge on any atom is 0.240 e. The van der Waals surface area contributed by atoms with E-state index in [1.54, 1.807) is 12.1 Å². The Kier molecular flexibility index (Phi) is 4.77. The molecule has 0 saturated carbocycles. The van der Waals surface area contributed by atoms with Crippen molar-refractivity contribution in [1.82, 2.24) is 4.72 Å². The second-order valence-corrected chi connectivity index (χ2v) is 11.0. The lowest BCUT2D eigenvalue weighted by molar-refractivity contribution is -0.155. The molecule has 0 aromatic heterocycles. The summed E-state index contributed by atoms with van der Waals surface area (Å²) in [6.45, 7) is 2.97. The average Bonchev–Trinajstić information content (AvgIpc) is 2.91.